The van der Waals surface area contributed by atoms with Crippen LogP contribution in [0.15, 0.2) is 29.1 Å². The van der Waals surface area contributed by atoms with E-state index in [0.29, 0.717) is 23.7 Å². The van der Waals surface area contributed by atoms with Crippen molar-refractivity contribution in [1.82, 2.24) is 13.9 Å². The van der Waals surface area contributed by atoms with Gasteiger partial charge < -0.3 is 5.11 Å². The lowest BCUT2D eigenvalue weighted by Crippen LogP contribution is -2.50. The number of rotatable bonds is 5. The van der Waals surface area contributed by atoms with Gasteiger partial charge in [0.1, 0.15) is 5.82 Å². The Morgan fingerprint density at radius 2 is 1.89 bits per heavy atom. The Hall–Kier alpha value is -1.77. The van der Waals surface area contributed by atoms with E-state index in [-0.39, 0.29) is 36.9 Å². The molecule has 1 aromatic heterocycles. The maximum Gasteiger partial charge on any atom is 0.261 e. The minimum Gasteiger partial charge on any atom is -0.388 e. The van der Waals surface area contributed by atoms with Crippen LogP contribution in [0.1, 0.15) is 44.3 Å². The van der Waals surface area contributed by atoms with Gasteiger partial charge in [-0.15, -0.1) is 0 Å². The first-order chi connectivity index (χ1) is 12.8. The number of benzene rings is 1. The third-order valence-electron chi connectivity index (χ3n) is 5.70. The van der Waals surface area contributed by atoms with Crippen LogP contribution in [0.2, 0.25) is 0 Å². The highest BCUT2D eigenvalue weighted by molar-refractivity contribution is 7.89. The quantitative estimate of drug-likeness (QED) is 0.833. The molecule has 0 unspecified atom stereocenters. The number of sulfonamides is 1. The predicted octanol–water partition coefficient (Wildman–Crippen LogP) is 1.45. The van der Waals surface area contributed by atoms with Crippen molar-refractivity contribution >= 4 is 20.9 Å². The van der Waals surface area contributed by atoms with Crippen LogP contribution in [0.3, 0.4) is 0 Å². The summed E-state index contributed by atoms with van der Waals surface area (Å²) in [5, 5.41) is 11.6. The lowest BCUT2D eigenvalue weighted by molar-refractivity contribution is -0.0208. The minimum absolute atomic E-state index is 0.0608. The largest absolute Gasteiger partial charge is 0.388 e. The van der Waals surface area contributed by atoms with Crippen molar-refractivity contribution in [3.05, 3.63) is 40.4 Å². The summed E-state index contributed by atoms with van der Waals surface area (Å²) >= 11 is 0. The van der Waals surface area contributed by atoms with Crippen LogP contribution >= 0.6 is 0 Å². The van der Waals surface area contributed by atoms with Crippen molar-refractivity contribution in [1.29, 1.82) is 0 Å². The van der Waals surface area contributed by atoms with Gasteiger partial charge in [-0.2, -0.15) is 0 Å². The van der Waals surface area contributed by atoms with Gasteiger partial charge in [0.25, 0.3) is 5.56 Å². The molecule has 2 aliphatic rings. The Morgan fingerprint density at radius 3 is 2.52 bits per heavy atom. The fourth-order valence-electron chi connectivity index (χ4n) is 3.81. The molecular formula is C19H25N3O4S. The molecule has 1 aliphatic heterocycles. The van der Waals surface area contributed by atoms with Crippen molar-refractivity contribution in [3.63, 3.8) is 0 Å². The number of para-hydroxylation sites is 1. The summed E-state index contributed by atoms with van der Waals surface area (Å²) in [5.74, 6) is 1.08. The van der Waals surface area contributed by atoms with E-state index in [1.165, 1.54) is 4.31 Å². The number of nitrogens with zero attached hydrogens (tertiary/aromatic N) is 3. The van der Waals surface area contributed by atoms with Crippen LogP contribution in [0.4, 0.5) is 0 Å². The molecule has 0 spiro atoms. The van der Waals surface area contributed by atoms with Crippen molar-refractivity contribution in [3.8, 4) is 0 Å². The molecule has 27 heavy (non-hydrogen) atoms. The summed E-state index contributed by atoms with van der Waals surface area (Å²) in [4.78, 5) is 17.8. The molecule has 4 rings (SSSR count). The first-order valence-corrected chi connectivity index (χ1v) is 11.1. The van der Waals surface area contributed by atoms with Gasteiger partial charge in [-0.05, 0) is 44.7 Å². The summed E-state index contributed by atoms with van der Waals surface area (Å²) in [5.41, 5.74) is -0.534. The van der Waals surface area contributed by atoms with Gasteiger partial charge in [-0.25, -0.2) is 17.7 Å². The third-order valence-corrected chi connectivity index (χ3v) is 7.58. The Kier molecular flexibility index (Phi) is 4.60. The molecular weight excluding hydrogens is 366 g/mol. The van der Waals surface area contributed by atoms with Crippen molar-refractivity contribution in [2.75, 3.05) is 18.8 Å². The highest BCUT2D eigenvalue weighted by Crippen LogP contribution is 2.39. The highest BCUT2D eigenvalue weighted by atomic mass is 32.2. The number of piperidine rings is 1. The first kappa shape index (κ1) is 18.6. The summed E-state index contributed by atoms with van der Waals surface area (Å²) in [6.45, 7) is 2.34. The molecule has 146 valence electrons. The van der Waals surface area contributed by atoms with Gasteiger partial charge in [-0.3, -0.25) is 9.36 Å². The summed E-state index contributed by atoms with van der Waals surface area (Å²) in [7, 11) is -3.25. The van der Waals surface area contributed by atoms with Crippen LogP contribution in [0.25, 0.3) is 10.9 Å². The highest BCUT2D eigenvalue weighted by Gasteiger charge is 2.38. The number of hydrogen-bond donors (Lipinski definition) is 1. The first-order valence-electron chi connectivity index (χ1n) is 9.53. The topological polar surface area (TPSA) is 92.5 Å². The Morgan fingerprint density at radius 1 is 1.22 bits per heavy atom. The predicted molar refractivity (Wildman–Crippen MR) is 103 cm³/mol. The minimum atomic E-state index is -3.25. The molecule has 7 nitrogen and oxygen atoms in total. The summed E-state index contributed by atoms with van der Waals surface area (Å²) in [6.07, 6.45) is 2.64. The summed E-state index contributed by atoms with van der Waals surface area (Å²) in [6, 6.07) is 7.29. The standard InChI is InChI=1S/C19H25N3O4S/c1-2-27(25,26)21-11-9-19(24,10-12-21)13-22-17(14-7-8-14)20-16-6-4-3-5-15(16)18(22)23/h3-6,14,24H,2,7-13H2,1H3. The zero-order valence-electron chi connectivity index (χ0n) is 15.5. The monoisotopic (exact) mass is 391 g/mol. The molecule has 0 atom stereocenters. The van der Waals surface area contributed by atoms with Crippen LogP contribution in [-0.2, 0) is 16.6 Å². The lowest BCUT2D eigenvalue weighted by atomic mass is 9.92. The molecule has 2 heterocycles. The summed E-state index contributed by atoms with van der Waals surface area (Å²) < 4.78 is 27.2. The van der Waals surface area contributed by atoms with Crippen LogP contribution in [0.5, 0.6) is 0 Å². The Balaban J connectivity index is 1.65. The van der Waals surface area contributed by atoms with Gasteiger partial charge >= 0.3 is 0 Å². The van der Waals surface area contributed by atoms with E-state index < -0.39 is 15.6 Å². The fraction of sp³-hybridized carbons (Fsp3) is 0.579. The molecule has 1 saturated heterocycles. The van der Waals surface area contributed by atoms with Crippen molar-refractivity contribution < 1.29 is 13.5 Å². The molecule has 1 aliphatic carbocycles. The lowest BCUT2D eigenvalue weighted by Gasteiger charge is -2.38. The van der Waals surface area contributed by atoms with Gasteiger partial charge in [0.2, 0.25) is 10.0 Å². The average Bonchev–Trinajstić information content (AvgIpc) is 3.49. The maximum atomic E-state index is 13.1. The number of aromatic nitrogens is 2. The van der Waals surface area contributed by atoms with E-state index in [2.05, 4.69) is 0 Å². The molecule has 1 saturated carbocycles. The SMILES string of the molecule is CCS(=O)(=O)N1CCC(O)(Cn2c(C3CC3)nc3ccccc3c2=O)CC1. The molecule has 0 amide bonds. The number of aliphatic hydroxyl groups is 1. The fourth-order valence-corrected chi connectivity index (χ4v) is 4.91. The molecule has 0 bridgehead atoms. The second-order valence-corrected chi connectivity index (χ2v) is 9.93. The van der Waals surface area contributed by atoms with Crippen LogP contribution in [0, 0.1) is 0 Å². The number of hydrogen-bond acceptors (Lipinski definition) is 5. The third kappa shape index (κ3) is 3.53. The Labute approximate surface area is 158 Å². The van der Waals surface area contributed by atoms with E-state index in [9.17, 15) is 18.3 Å². The molecule has 0 radical (unpaired) electrons. The van der Waals surface area contributed by atoms with Gasteiger partial charge in [-0.1, -0.05) is 12.1 Å². The zero-order chi connectivity index (χ0) is 19.2. The number of fused-ring (bicyclic) bond motifs is 1. The molecule has 1 N–H and O–H groups in total. The van der Waals surface area contributed by atoms with Gasteiger partial charge in [0, 0.05) is 19.0 Å². The molecule has 2 aromatic rings. The molecule has 8 heteroatoms. The van der Waals surface area contributed by atoms with E-state index in [1.54, 1.807) is 17.6 Å². The van der Waals surface area contributed by atoms with E-state index in [1.807, 2.05) is 18.2 Å². The van der Waals surface area contributed by atoms with Gasteiger partial charge in [0.05, 0.1) is 28.8 Å². The zero-order valence-corrected chi connectivity index (χ0v) is 16.3. The van der Waals surface area contributed by atoms with Crippen LogP contribution in [-0.4, -0.2) is 51.8 Å². The van der Waals surface area contributed by atoms with Crippen LogP contribution < -0.4 is 5.56 Å². The second-order valence-electron chi connectivity index (χ2n) is 7.68. The smallest absolute Gasteiger partial charge is 0.261 e. The van der Waals surface area contributed by atoms with E-state index in [0.717, 1.165) is 18.7 Å². The van der Waals surface area contributed by atoms with Crippen molar-refractivity contribution in [2.45, 2.75) is 50.7 Å². The normalized spacial score (nSPS) is 20.8. The molecule has 2 fully saturated rings. The van der Waals surface area contributed by atoms with E-state index in [4.69, 9.17) is 4.98 Å². The van der Waals surface area contributed by atoms with Crippen molar-refractivity contribution in [2.24, 2.45) is 0 Å². The molecule has 1 aromatic carbocycles. The van der Waals surface area contributed by atoms with Gasteiger partial charge in [0.15, 0.2) is 0 Å². The second kappa shape index (κ2) is 6.68. The van der Waals surface area contributed by atoms with E-state index >= 15 is 0 Å². The maximum absolute atomic E-state index is 13.1. The average molecular weight is 391 g/mol. The Bertz CT molecular complexity index is 1020.